The zero-order valence-corrected chi connectivity index (χ0v) is 18.7. The number of likely N-dealkylation sites (tertiary alicyclic amines) is 1. The minimum absolute atomic E-state index is 0.0417. The van der Waals surface area contributed by atoms with E-state index in [-0.39, 0.29) is 54.9 Å². The summed E-state index contributed by atoms with van der Waals surface area (Å²) in [5, 5.41) is 12.6. The number of allylic oxidation sites excluding steroid dienone is 2. The van der Waals surface area contributed by atoms with Gasteiger partial charge in [0.05, 0.1) is 24.6 Å². The monoisotopic (exact) mass is 422 g/mol. The molecule has 0 spiro atoms. The Morgan fingerprint density at radius 3 is 2.70 bits per heavy atom. The van der Waals surface area contributed by atoms with Crippen molar-refractivity contribution < 1.29 is 24.2 Å². The maximum absolute atomic E-state index is 13.1. The second kappa shape index (κ2) is 11.5. The first-order valence-electron chi connectivity index (χ1n) is 11.2. The van der Waals surface area contributed by atoms with Crippen LogP contribution in [0.1, 0.15) is 72.1 Å². The van der Waals surface area contributed by atoms with Crippen LogP contribution in [0.4, 0.5) is 0 Å². The second-order valence-electron chi connectivity index (χ2n) is 9.53. The predicted octanol–water partition coefficient (Wildman–Crippen LogP) is 2.57. The van der Waals surface area contributed by atoms with Crippen molar-refractivity contribution in [2.24, 2.45) is 11.3 Å². The summed E-state index contributed by atoms with van der Waals surface area (Å²) in [5.41, 5.74) is -0.297. The number of hydrogen-bond donors (Lipinski definition) is 2. The highest BCUT2D eigenvalue weighted by molar-refractivity contribution is 5.86. The van der Waals surface area contributed by atoms with Crippen LogP contribution in [-0.4, -0.2) is 59.6 Å². The Hall–Kier alpha value is -1.89. The molecule has 0 aromatic heterocycles. The number of esters is 1. The zero-order chi connectivity index (χ0) is 22.1. The molecule has 2 aliphatic heterocycles. The fourth-order valence-electron chi connectivity index (χ4n) is 3.92. The number of rotatable bonds is 3. The summed E-state index contributed by atoms with van der Waals surface area (Å²) in [4.78, 5) is 39.7. The minimum atomic E-state index is -0.489. The maximum Gasteiger partial charge on any atom is 0.305 e. The number of amides is 2. The lowest BCUT2D eigenvalue weighted by atomic mass is 9.86. The molecule has 0 aromatic carbocycles. The summed E-state index contributed by atoms with van der Waals surface area (Å²) >= 11 is 0. The van der Waals surface area contributed by atoms with Crippen molar-refractivity contribution in [1.29, 1.82) is 0 Å². The molecule has 2 heterocycles. The molecule has 1 fully saturated rings. The van der Waals surface area contributed by atoms with Crippen molar-refractivity contribution in [2.75, 3.05) is 19.8 Å². The summed E-state index contributed by atoms with van der Waals surface area (Å²) in [5.74, 6) is -1.01. The van der Waals surface area contributed by atoms with Crippen LogP contribution in [0, 0.1) is 11.3 Å². The summed E-state index contributed by atoms with van der Waals surface area (Å²) in [6.45, 7) is 6.69. The third-order valence-electron chi connectivity index (χ3n) is 6.06. The van der Waals surface area contributed by atoms with Crippen molar-refractivity contribution in [1.82, 2.24) is 10.2 Å². The van der Waals surface area contributed by atoms with Gasteiger partial charge in [-0.15, -0.1) is 0 Å². The molecule has 0 radical (unpaired) electrons. The Kier molecular flexibility index (Phi) is 9.34. The van der Waals surface area contributed by atoms with E-state index in [0.29, 0.717) is 19.4 Å². The molecule has 1 saturated heterocycles. The van der Waals surface area contributed by atoms with Crippen LogP contribution in [-0.2, 0) is 19.1 Å². The van der Waals surface area contributed by atoms with E-state index in [0.717, 1.165) is 32.1 Å². The lowest BCUT2D eigenvalue weighted by Gasteiger charge is -2.32. The molecular weight excluding hydrogens is 384 g/mol. The molecule has 2 aliphatic rings. The summed E-state index contributed by atoms with van der Waals surface area (Å²) in [6, 6.07) is -0.480. The smallest absolute Gasteiger partial charge is 0.305 e. The molecule has 7 heteroatoms. The van der Waals surface area contributed by atoms with Crippen molar-refractivity contribution in [2.45, 2.75) is 84.2 Å². The number of aliphatic hydroxyl groups excluding tert-OH is 1. The third kappa shape index (κ3) is 7.42. The van der Waals surface area contributed by atoms with Crippen LogP contribution in [0.3, 0.4) is 0 Å². The molecule has 2 rings (SSSR count). The van der Waals surface area contributed by atoms with Gasteiger partial charge in [-0.05, 0) is 43.9 Å². The number of ether oxygens (including phenoxy) is 1. The van der Waals surface area contributed by atoms with Gasteiger partial charge in [-0.2, -0.15) is 0 Å². The largest absolute Gasteiger partial charge is 0.463 e. The Morgan fingerprint density at radius 1 is 1.23 bits per heavy atom. The fraction of sp³-hybridized carbons (Fsp3) is 0.783. The van der Waals surface area contributed by atoms with Gasteiger partial charge in [0.25, 0.3) is 0 Å². The molecule has 170 valence electrons. The van der Waals surface area contributed by atoms with Crippen LogP contribution >= 0.6 is 0 Å². The van der Waals surface area contributed by atoms with E-state index >= 15 is 0 Å². The van der Waals surface area contributed by atoms with Gasteiger partial charge < -0.3 is 20.1 Å². The molecule has 0 unspecified atom stereocenters. The lowest BCUT2D eigenvalue weighted by molar-refractivity contribution is -0.146. The average molecular weight is 423 g/mol. The van der Waals surface area contributed by atoms with Gasteiger partial charge in [0, 0.05) is 19.4 Å². The summed E-state index contributed by atoms with van der Waals surface area (Å²) in [7, 11) is 0. The van der Waals surface area contributed by atoms with Gasteiger partial charge in [0.15, 0.2) is 0 Å². The van der Waals surface area contributed by atoms with Gasteiger partial charge >= 0.3 is 5.97 Å². The molecule has 30 heavy (non-hydrogen) atoms. The molecule has 0 saturated carbocycles. The van der Waals surface area contributed by atoms with Gasteiger partial charge in [0.2, 0.25) is 11.8 Å². The normalized spacial score (nSPS) is 27.3. The van der Waals surface area contributed by atoms with Crippen LogP contribution in [0.15, 0.2) is 12.2 Å². The van der Waals surface area contributed by atoms with Crippen LogP contribution in [0.5, 0.6) is 0 Å². The van der Waals surface area contributed by atoms with E-state index in [4.69, 9.17) is 4.74 Å². The molecule has 0 aromatic rings. The minimum Gasteiger partial charge on any atom is -0.463 e. The molecule has 7 nitrogen and oxygen atoms in total. The van der Waals surface area contributed by atoms with Crippen molar-refractivity contribution >= 4 is 17.8 Å². The summed E-state index contributed by atoms with van der Waals surface area (Å²) in [6.07, 6.45) is 9.16. The average Bonchev–Trinajstić information content (AvgIpc) is 3.16. The quantitative estimate of drug-likeness (QED) is 0.538. The maximum atomic E-state index is 13.1. The van der Waals surface area contributed by atoms with E-state index in [9.17, 15) is 19.5 Å². The Labute approximate surface area is 180 Å². The third-order valence-corrected chi connectivity index (χ3v) is 6.06. The van der Waals surface area contributed by atoms with Gasteiger partial charge in [0.1, 0.15) is 6.61 Å². The van der Waals surface area contributed by atoms with Crippen molar-refractivity contribution in [3.8, 4) is 0 Å². The van der Waals surface area contributed by atoms with Gasteiger partial charge in [-0.1, -0.05) is 32.9 Å². The first kappa shape index (κ1) is 24.4. The highest BCUT2D eigenvalue weighted by atomic mass is 16.5. The number of aliphatic hydroxyl groups is 1. The Balaban J connectivity index is 2.14. The highest BCUT2D eigenvalue weighted by Crippen LogP contribution is 2.24. The van der Waals surface area contributed by atoms with Gasteiger partial charge in [-0.3, -0.25) is 14.4 Å². The number of nitrogens with zero attached hydrogens (tertiary/aromatic N) is 1. The second-order valence-corrected chi connectivity index (χ2v) is 9.53. The van der Waals surface area contributed by atoms with Crippen molar-refractivity contribution in [3.63, 3.8) is 0 Å². The number of hydrogen-bond acceptors (Lipinski definition) is 5. The topological polar surface area (TPSA) is 95.9 Å². The first-order valence-corrected chi connectivity index (χ1v) is 11.2. The van der Waals surface area contributed by atoms with Crippen LogP contribution in [0.25, 0.3) is 0 Å². The number of nitrogens with one attached hydrogen (secondary N) is 1. The Morgan fingerprint density at radius 2 is 2.00 bits per heavy atom. The number of carbonyl (C=O) groups is 3. The first-order chi connectivity index (χ1) is 14.2. The molecule has 0 aliphatic carbocycles. The van der Waals surface area contributed by atoms with E-state index in [1.165, 1.54) is 0 Å². The van der Waals surface area contributed by atoms with Gasteiger partial charge in [-0.25, -0.2) is 0 Å². The standard InChI is InChI=1S/C23H38N2O5/c1-23(2,3)19-16-30-21(28)12-8-6-4-5-7-10-17(22(29)24-19)14-20(27)25-13-9-11-18(25)15-26/h5,7,17-19,26H,4,6,8-16H2,1-3H3,(H,24,29)/t17-,18+,19-/m1/s1. The summed E-state index contributed by atoms with van der Waals surface area (Å²) < 4.78 is 5.43. The Bertz CT molecular complexity index is 626. The fourth-order valence-corrected chi connectivity index (χ4v) is 3.92. The molecule has 2 amide bonds. The predicted molar refractivity (Wildman–Crippen MR) is 114 cm³/mol. The SMILES string of the molecule is CC(C)(C)[C@H]1COC(=O)CCCCC=CC[C@H](CC(=O)N2CCC[C@H]2CO)C(=O)N1. The molecule has 0 bridgehead atoms. The number of cyclic esters (lactones) is 1. The van der Waals surface area contributed by atoms with Crippen LogP contribution < -0.4 is 5.32 Å². The van der Waals surface area contributed by atoms with E-state index < -0.39 is 5.92 Å². The zero-order valence-electron chi connectivity index (χ0n) is 18.7. The molecule has 3 atom stereocenters. The molecular formula is C23H38N2O5. The highest BCUT2D eigenvalue weighted by Gasteiger charge is 2.34. The molecule has 2 N–H and O–H groups in total. The van der Waals surface area contributed by atoms with E-state index in [1.807, 2.05) is 32.9 Å². The van der Waals surface area contributed by atoms with Crippen molar-refractivity contribution in [3.05, 3.63) is 12.2 Å². The van der Waals surface area contributed by atoms with E-state index in [1.54, 1.807) is 4.90 Å². The van der Waals surface area contributed by atoms with E-state index in [2.05, 4.69) is 5.32 Å². The van der Waals surface area contributed by atoms with Crippen LogP contribution in [0.2, 0.25) is 0 Å². The lowest BCUT2D eigenvalue weighted by Crippen LogP contribution is -2.49. The number of carbonyl (C=O) groups excluding carboxylic acids is 3.